The molecule has 0 spiro atoms. The summed E-state index contributed by atoms with van der Waals surface area (Å²) in [5, 5.41) is 2.93. The zero-order chi connectivity index (χ0) is 25.7. The largest absolute Gasteiger partial charge is 0.482 e. The maximum Gasteiger partial charge on any atom is 0.265 e. The number of carbonyl (C=O) groups excluding carboxylic acids is 2. The molecule has 9 nitrogen and oxygen atoms in total. The maximum absolute atomic E-state index is 13.3. The van der Waals surface area contributed by atoms with E-state index < -0.39 is 10.0 Å². The van der Waals surface area contributed by atoms with Gasteiger partial charge in [-0.15, -0.1) is 0 Å². The highest BCUT2D eigenvalue weighted by molar-refractivity contribution is 7.89. The Kier molecular flexibility index (Phi) is 8.90. The number of likely N-dealkylation sites (tertiary alicyclic amines) is 1. The minimum absolute atomic E-state index is 0.122. The van der Waals surface area contributed by atoms with Crippen LogP contribution in [0, 0.1) is 0 Å². The van der Waals surface area contributed by atoms with Crippen LogP contribution in [0.5, 0.6) is 5.75 Å². The number of hydrogen-bond donors (Lipinski definition) is 1. The van der Waals surface area contributed by atoms with Gasteiger partial charge in [0, 0.05) is 38.3 Å². The number of piperidine rings is 1. The molecular formula is C26H40N4O5S. The second-order valence-electron chi connectivity index (χ2n) is 10.3. The molecule has 3 aliphatic heterocycles. The maximum atomic E-state index is 13.3. The highest BCUT2D eigenvalue weighted by atomic mass is 32.2. The predicted molar refractivity (Wildman–Crippen MR) is 139 cm³/mol. The molecular weight excluding hydrogens is 480 g/mol. The van der Waals surface area contributed by atoms with Gasteiger partial charge in [0.05, 0.1) is 10.6 Å². The van der Waals surface area contributed by atoms with Crippen molar-refractivity contribution < 1.29 is 22.7 Å². The lowest BCUT2D eigenvalue weighted by Crippen LogP contribution is -2.46. The van der Waals surface area contributed by atoms with E-state index in [2.05, 4.69) is 24.1 Å². The van der Waals surface area contributed by atoms with Crippen molar-refractivity contribution in [2.45, 2.75) is 82.2 Å². The first-order valence-electron chi connectivity index (χ1n) is 13.4. The molecule has 1 aromatic carbocycles. The molecule has 0 aliphatic carbocycles. The topological polar surface area (TPSA) is 99.3 Å². The van der Waals surface area contributed by atoms with Crippen LogP contribution in [0.3, 0.4) is 0 Å². The van der Waals surface area contributed by atoms with Gasteiger partial charge in [0.25, 0.3) is 5.91 Å². The zero-order valence-corrected chi connectivity index (χ0v) is 22.4. The quantitative estimate of drug-likeness (QED) is 0.529. The summed E-state index contributed by atoms with van der Waals surface area (Å²) in [6.07, 6.45) is 8.27. The SMILES string of the molecule is C[C@H]1CCC[C@H](C)N1CCCNC(=O)CN1C(=O)COc2ccc(S(=O)(=O)N3CCCCCC3)cc21. The van der Waals surface area contributed by atoms with E-state index >= 15 is 0 Å². The number of anilines is 1. The number of rotatable bonds is 8. The molecule has 10 heteroatoms. The van der Waals surface area contributed by atoms with Crippen LogP contribution in [0.25, 0.3) is 0 Å². The molecule has 36 heavy (non-hydrogen) atoms. The molecule has 1 N–H and O–H groups in total. The standard InChI is InChI=1S/C26H40N4O5S/c1-20-9-7-10-21(2)29(20)16-8-13-27-25(31)18-30-23-17-22(11-12-24(23)35-19-26(30)32)36(33,34)28-14-5-3-4-6-15-28/h11-12,17,20-21H,3-10,13-16,18-19H2,1-2H3,(H,27,31)/t20-,21-/m0/s1. The van der Waals surface area contributed by atoms with Gasteiger partial charge in [-0.1, -0.05) is 19.3 Å². The Morgan fingerprint density at radius 1 is 1.06 bits per heavy atom. The lowest BCUT2D eigenvalue weighted by atomic mass is 9.97. The highest BCUT2D eigenvalue weighted by Gasteiger charge is 2.31. The van der Waals surface area contributed by atoms with Gasteiger partial charge in [-0.25, -0.2) is 8.42 Å². The van der Waals surface area contributed by atoms with Crippen LogP contribution < -0.4 is 15.0 Å². The fourth-order valence-corrected chi connectivity index (χ4v) is 7.09. The van der Waals surface area contributed by atoms with E-state index in [1.807, 2.05) is 0 Å². The second-order valence-corrected chi connectivity index (χ2v) is 12.2. The summed E-state index contributed by atoms with van der Waals surface area (Å²) in [5.41, 5.74) is 0.327. The molecule has 4 rings (SSSR count). The summed E-state index contributed by atoms with van der Waals surface area (Å²) >= 11 is 0. The number of fused-ring (bicyclic) bond motifs is 1. The third kappa shape index (κ3) is 6.20. The molecule has 2 fully saturated rings. The number of hydrogen-bond acceptors (Lipinski definition) is 6. The van der Waals surface area contributed by atoms with Gasteiger partial charge in [0.1, 0.15) is 12.3 Å². The van der Waals surface area contributed by atoms with E-state index in [4.69, 9.17) is 4.74 Å². The number of sulfonamides is 1. The van der Waals surface area contributed by atoms with Crippen molar-refractivity contribution in [2.24, 2.45) is 0 Å². The number of amides is 2. The summed E-state index contributed by atoms with van der Waals surface area (Å²) in [4.78, 5) is 29.4. The molecule has 2 saturated heterocycles. The number of nitrogens with one attached hydrogen (secondary N) is 1. The van der Waals surface area contributed by atoms with Crippen LogP contribution in [0.4, 0.5) is 5.69 Å². The predicted octanol–water partition coefficient (Wildman–Crippen LogP) is 2.75. The molecule has 200 valence electrons. The summed E-state index contributed by atoms with van der Waals surface area (Å²) in [7, 11) is -3.69. The number of benzene rings is 1. The molecule has 2 atom stereocenters. The molecule has 1 aromatic rings. The Balaban J connectivity index is 1.39. The van der Waals surface area contributed by atoms with Crippen molar-refractivity contribution >= 4 is 27.5 Å². The molecule has 3 heterocycles. The average molecular weight is 521 g/mol. The van der Waals surface area contributed by atoms with E-state index in [1.54, 1.807) is 6.07 Å². The molecule has 0 saturated carbocycles. The fourth-order valence-electron chi connectivity index (χ4n) is 5.55. The van der Waals surface area contributed by atoms with Crippen molar-refractivity contribution in [3.05, 3.63) is 18.2 Å². The van der Waals surface area contributed by atoms with Crippen LogP contribution in [0.15, 0.2) is 23.1 Å². The van der Waals surface area contributed by atoms with Crippen LogP contribution >= 0.6 is 0 Å². The van der Waals surface area contributed by atoms with Gasteiger partial charge < -0.3 is 10.1 Å². The molecule has 0 bridgehead atoms. The summed E-state index contributed by atoms with van der Waals surface area (Å²) in [5.74, 6) is -0.222. The molecule has 0 radical (unpaired) electrons. The molecule has 0 aromatic heterocycles. The second kappa shape index (κ2) is 11.9. The van der Waals surface area contributed by atoms with Gasteiger partial charge in [-0.3, -0.25) is 19.4 Å². The van der Waals surface area contributed by atoms with Crippen LogP contribution in [-0.4, -0.2) is 80.9 Å². The third-order valence-corrected chi connectivity index (χ3v) is 9.56. The van der Waals surface area contributed by atoms with Crippen LogP contribution in [0.1, 0.15) is 65.2 Å². The normalized spacial score (nSPS) is 24.1. The van der Waals surface area contributed by atoms with E-state index in [-0.39, 0.29) is 29.9 Å². The summed E-state index contributed by atoms with van der Waals surface area (Å²) in [6.45, 7) is 6.63. The summed E-state index contributed by atoms with van der Waals surface area (Å²) in [6, 6.07) is 5.70. The molecule has 0 unspecified atom stereocenters. The van der Waals surface area contributed by atoms with Crippen molar-refractivity contribution in [1.29, 1.82) is 0 Å². The third-order valence-electron chi connectivity index (χ3n) is 7.67. The van der Waals surface area contributed by atoms with Gasteiger partial charge in [-0.05, 0) is 64.2 Å². The van der Waals surface area contributed by atoms with E-state index in [0.717, 1.165) is 38.6 Å². The van der Waals surface area contributed by atoms with E-state index in [9.17, 15) is 18.0 Å². The van der Waals surface area contributed by atoms with Crippen molar-refractivity contribution in [1.82, 2.24) is 14.5 Å². The van der Waals surface area contributed by atoms with Gasteiger partial charge in [-0.2, -0.15) is 4.31 Å². The Hall–Kier alpha value is -2.17. The Morgan fingerprint density at radius 2 is 1.75 bits per heavy atom. The highest BCUT2D eigenvalue weighted by Crippen LogP contribution is 2.35. The first-order chi connectivity index (χ1) is 17.3. The average Bonchev–Trinajstić information content (AvgIpc) is 3.15. The first kappa shape index (κ1) is 26.9. The zero-order valence-electron chi connectivity index (χ0n) is 21.6. The number of carbonyl (C=O) groups is 2. The summed E-state index contributed by atoms with van der Waals surface area (Å²) < 4.78 is 33.6. The first-order valence-corrected chi connectivity index (χ1v) is 14.8. The smallest absolute Gasteiger partial charge is 0.265 e. The Bertz CT molecular complexity index is 1030. The molecule has 2 amide bonds. The Morgan fingerprint density at radius 3 is 2.44 bits per heavy atom. The van der Waals surface area contributed by atoms with E-state index in [1.165, 1.54) is 40.6 Å². The monoisotopic (exact) mass is 520 g/mol. The van der Waals surface area contributed by atoms with Gasteiger partial charge in [0.15, 0.2) is 6.61 Å². The number of nitrogens with zero attached hydrogens (tertiary/aromatic N) is 3. The lowest BCUT2D eigenvalue weighted by Gasteiger charge is -2.39. The fraction of sp³-hybridized carbons (Fsp3) is 0.692. The van der Waals surface area contributed by atoms with E-state index in [0.29, 0.717) is 43.2 Å². The van der Waals surface area contributed by atoms with Crippen LogP contribution in [-0.2, 0) is 19.6 Å². The van der Waals surface area contributed by atoms with Crippen molar-refractivity contribution in [3.63, 3.8) is 0 Å². The minimum atomic E-state index is -3.69. The van der Waals surface area contributed by atoms with Gasteiger partial charge >= 0.3 is 0 Å². The Labute approximate surface area is 215 Å². The minimum Gasteiger partial charge on any atom is -0.482 e. The van der Waals surface area contributed by atoms with Gasteiger partial charge in [0.2, 0.25) is 15.9 Å². The number of ether oxygens (including phenoxy) is 1. The van der Waals surface area contributed by atoms with Crippen molar-refractivity contribution in [2.75, 3.05) is 44.2 Å². The lowest BCUT2D eigenvalue weighted by molar-refractivity contribution is -0.125. The molecule has 3 aliphatic rings. The van der Waals surface area contributed by atoms with Crippen molar-refractivity contribution in [3.8, 4) is 5.75 Å². The van der Waals surface area contributed by atoms with Crippen LogP contribution in [0.2, 0.25) is 0 Å².